The molecule has 0 aromatic carbocycles. The van der Waals surface area contributed by atoms with E-state index in [0.717, 1.165) is 9.13 Å². The Hall–Kier alpha value is -2.18. The highest BCUT2D eigenvalue weighted by Gasteiger charge is 2.28. The summed E-state index contributed by atoms with van der Waals surface area (Å²) in [6.45, 7) is 9.15. The smallest absolute Gasteiger partial charge is 0.342 e. The van der Waals surface area contributed by atoms with Gasteiger partial charge in [0.2, 0.25) is 11.8 Å². The van der Waals surface area contributed by atoms with Crippen LogP contribution in [0.25, 0.3) is 0 Å². The van der Waals surface area contributed by atoms with Gasteiger partial charge >= 0.3 is 5.69 Å². The van der Waals surface area contributed by atoms with Crippen molar-refractivity contribution in [1.82, 2.24) is 14.5 Å². The minimum atomic E-state index is -0.818. The van der Waals surface area contributed by atoms with E-state index in [0.29, 0.717) is 0 Å². The zero-order valence-corrected chi connectivity index (χ0v) is 12.5. The van der Waals surface area contributed by atoms with Crippen LogP contribution < -0.4 is 11.0 Å². The highest BCUT2D eigenvalue weighted by Crippen LogP contribution is 2.10. The van der Waals surface area contributed by atoms with Crippen LogP contribution in [0.5, 0.6) is 0 Å². The maximum absolute atomic E-state index is 12.2. The van der Waals surface area contributed by atoms with Crippen LogP contribution in [0, 0.1) is 6.92 Å². The topological polar surface area (TPSA) is 90.2 Å². The Morgan fingerprint density at radius 1 is 1.00 bits per heavy atom. The standard InChI is InChI=1S/C13H19N3O4/c1-7-10(11(19)14-13(4,5)6)16(9(3)18)12(20)15(7)8(2)17/h1-6H3,(H,14,19). The fourth-order valence-corrected chi connectivity index (χ4v) is 1.94. The predicted molar refractivity (Wildman–Crippen MR) is 73.2 cm³/mol. The van der Waals surface area contributed by atoms with Crippen LogP contribution in [0.2, 0.25) is 0 Å². The molecule has 0 radical (unpaired) electrons. The molecule has 0 spiro atoms. The number of nitrogens with one attached hydrogen (secondary N) is 1. The summed E-state index contributed by atoms with van der Waals surface area (Å²) in [6.07, 6.45) is 0. The second kappa shape index (κ2) is 5.07. The van der Waals surface area contributed by atoms with Gasteiger partial charge in [-0.15, -0.1) is 0 Å². The van der Waals surface area contributed by atoms with Crippen LogP contribution in [0.1, 0.15) is 60.4 Å². The zero-order chi connectivity index (χ0) is 15.8. The normalized spacial score (nSPS) is 11.3. The zero-order valence-electron chi connectivity index (χ0n) is 12.5. The lowest BCUT2D eigenvalue weighted by Crippen LogP contribution is -2.42. The Balaban J connectivity index is 3.58. The molecule has 0 aliphatic rings. The number of rotatable bonds is 1. The van der Waals surface area contributed by atoms with Gasteiger partial charge in [0.1, 0.15) is 5.69 Å². The van der Waals surface area contributed by atoms with Crippen LogP contribution in [0.3, 0.4) is 0 Å². The van der Waals surface area contributed by atoms with Gasteiger partial charge in [0.25, 0.3) is 5.91 Å². The number of aromatic nitrogens is 2. The predicted octanol–water partition coefficient (Wildman–Crippen LogP) is 0.807. The van der Waals surface area contributed by atoms with E-state index in [2.05, 4.69) is 5.32 Å². The third kappa shape index (κ3) is 2.87. The summed E-state index contributed by atoms with van der Waals surface area (Å²) in [5, 5.41) is 2.68. The first kappa shape index (κ1) is 15.9. The minimum absolute atomic E-state index is 0.104. The Bertz CT molecular complexity index is 644. The molecule has 0 fully saturated rings. The molecule has 0 bridgehead atoms. The molecule has 1 aromatic rings. The van der Waals surface area contributed by atoms with Crippen molar-refractivity contribution >= 4 is 17.7 Å². The summed E-state index contributed by atoms with van der Waals surface area (Å²) in [5.41, 5.74) is -1.30. The van der Waals surface area contributed by atoms with Crippen molar-refractivity contribution in [1.29, 1.82) is 0 Å². The number of carbonyl (C=O) groups excluding carboxylic acids is 3. The molecule has 20 heavy (non-hydrogen) atoms. The van der Waals surface area contributed by atoms with E-state index in [9.17, 15) is 19.2 Å². The van der Waals surface area contributed by atoms with Crippen molar-refractivity contribution in [2.75, 3.05) is 0 Å². The summed E-state index contributed by atoms with van der Waals surface area (Å²) >= 11 is 0. The molecule has 0 saturated carbocycles. The van der Waals surface area contributed by atoms with Crippen molar-refractivity contribution in [2.24, 2.45) is 0 Å². The first-order valence-corrected chi connectivity index (χ1v) is 6.16. The number of carbonyl (C=O) groups is 3. The minimum Gasteiger partial charge on any atom is -0.346 e. The second-order valence-corrected chi connectivity index (χ2v) is 5.63. The van der Waals surface area contributed by atoms with Gasteiger partial charge in [-0.25, -0.2) is 13.9 Å². The third-order valence-corrected chi connectivity index (χ3v) is 2.62. The molecule has 0 unspecified atom stereocenters. The van der Waals surface area contributed by atoms with Gasteiger partial charge in [0, 0.05) is 19.4 Å². The monoisotopic (exact) mass is 281 g/mol. The lowest BCUT2D eigenvalue weighted by molar-refractivity contribution is 0.0864. The SMILES string of the molecule is CC(=O)n1c(C)c(C(=O)NC(C)(C)C)n(C(C)=O)c1=O. The van der Waals surface area contributed by atoms with E-state index in [1.807, 2.05) is 0 Å². The van der Waals surface area contributed by atoms with E-state index in [-0.39, 0.29) is 11.4 Å². The summed E-state index contributed by atoms with van der Waals surface area (Å²) < 4.78 is 1.54. The summed E-state index contributed by atoms with van der Waals surface area (Å²) in [5.74, 6) is -1.73. The van der Waals surface area contributed by atoms with Crippen molar-refractivity contribution in [2.45, 2.75) is 47.1 Å². The summed E-state index contributed by atoms with van der Waals surface area (Å²) in [6, 6.07) is 0. The average molecular weight is 281 g/mol. The van der Waals surface area contributed by atoms with Gasteiger partial charge in [-0.1, -0.05) is 0 Å². The molecular formula is C13H19N3O4. The Morgan fingerprint density at radius 3 is 1.80 bits per heavy atom. The molecule has 0 saturated heterocycles. The molecule has 1 aromatic heterocycles. The van der Waals surface area contributed by atoms with Gasteiger partial charge in [0.05, 0.1) is 5.69 Å². The highest BCUT2D eigenvalue weighted by molar-refractivity contribution is 5.99. The van der Waals surface area contributed by atoms with Gasteiger partial charge in [0.15, 0.2) is 0 Å². The van der Waals surface area contributed by atoms with E-state index < -0.39 is 29.0 Å². The van der Waals surface area contributed by atoms with Crippen molar-refractivity contribution < 1.29 is 14.4 Å². The van der Waals surface area contributed by atoms with E-state index in [1.165, 1.54) is 20.8 Å². The van der Waals surface area contributed by atoms with E-state index in [1.54, 1.807) is 20.8 Å². The molecular weight excluding hydrogens is 262 g/mol. The van der Waals surface area contributed by atoms with Crippen LogP contribution in [-0.4, -0.2) is 32.4 Å². The summed E-state index contributed by atoms with van der Waals surface area (Å²) in [7, 11) is 0. The highest BCUT2D eigenvalue weighted by atomic mass is 16.2. The molecule has 1 N–H and O–H groups in total. The number of amides is 1. The molecule has 110 valence electrons. The van der Waals surface area contributed by atoms with Crippen molar-refractivity contribution in [3.8, 4) is 0 Å². The van der Waals surface area contributed by atoms with Crippen molar-refractivity contribution in [3.05, 3.63) is 21.9 Å². The number of imidazole rings is 1. The second-order valence-electron chi connectivity index (χ2n) is 5.63. The third-order valence-electron chi connectivity index (χ3n) is 2.62. The molecule has 0 aliphatic heterocycles. The Morgan fingerprint density at radius 2 is 1.45 bits per heavy atom. The maximum atomic E-state index is 12.2. The van der Waals surface area contributed by atoms with Crippen LogP contribution in [0.4, 0.5) is 0 Å². The van der Waals surface area contributed by atoms with Crippen LogP contribution in [-0.2, 0) is 0 Å². The molecule has 7 nitrogen and oxygen atoms in total. The van der Waals surface area contributed by atoms with Gasteiger partial charge in [-0.2, -0.15) is 0 Å². The maximum Gasteiger partial charge on any atom is 0.342 e. The van der Waals surface area contributed by atoms with Gasteiger partial charge in [-0.05, 0) is 27.7 Å². The molecule has 7 heteroatoms. The summed E-state index contributed by atoms with van der Waals surface area (Å²) in [4.78, 5) is 47.4. The van der Waals surface area contributed by atoms with Crippen LogP contribution >= 0.6 is 0 Å². The van der Waals surface area contributed by atoms with E-state index >= 15 is 0 Å². The van der Waals surface area contributed by atoms with Crippen molar-refractivity contribution in [3.63, 3.8) is 0 Å². The van der Waals surface area contributed by atoms with E-state index in [4.69, 9.17) is 0 Å². The molecule has 0 aliphatic carbocycles. The first-order valence-electron chi connectivity index (χ1n) is 6.16. The lowest BCUT2D eigenvalue weighted by Gasteiger charge is -2.20. The molecule has 1 amide bonds. The fourth-order valence-electron chi connectivity index (χ4n) is 1.94. The molecule has 0 atom stereocenters. The largest absolute Gasteiger partial charge is 0.346 e. The fraction of sp³-hybridized carbons (Fsp3) is 0.538. The average Bonchev–Trinajstić information content (AvgIpc) is 2.47. The van der Waals surface area contributed by atoms with Gasteiger partial charge in [-0.3, -0.25) is 14.4 Å². The van der Waals surface area contributed by atoms with Gasteiger partial charge < -0.3 is 5.32 Å². The molecule has 1 rings (SSSR count). The number of hydrogen-bond donors (Lipinski definition) is 1. The lowest BCUT2D eigenvalue weighted by atomic mass is 10.1. The Kier molecular flexibility index (Phi) is 4.02. The first-order chi connectivity index (χ1) is 8.97. The Labute approximate surface area is 116 Å². The number of hydrogen-bond acceptors (Lipinski definition) is 4. The number of nitrogens with zero attached hydrogens (tertiary/aromatic N) is 2. The molecule has 1 heterocycles. The quantitative estimate of drug-likeness (QED) is 0.824. The van der Waals surface area contributed by atoms with Crippen LogP contribution in [0.15, 0.2) is 4.79 Å².